The highest BCUT2D eigenvalue weighted by Gasteiger charge is 2.49. The SMILES string of the molecule is CSN1CCC2(CCN(C)C2=O)C1. The first-order valence-corrected chi connectivity index (χ1v) is 5.91. The summed E-state index contributed by atoms with van der Waals surface area (Å²) in [6, 6.07) is 0. The third kappa shape index (κ3) is 1.36. The number of amides is 1. The second-order valence-corrected chi connectivity index (χ2v) is 4.93. The Morgan fingerprint density at radius 2 is 2.08 bits per heavy atom. The van der Waals surface area contributed by atoms with Crippen molar-refractivity contribution < 1.29 is 4.79 Å². The van der Waals surface area contributed by atoms with Gasteiger partial charge in [0.15, 0.2) is 0 Å². The summed E-state index contributed by atoms with van der Waals surface area (Å²) in [5.41, 5.74) is -0.0161. The quantitative estimate of drug-likeness (QED) is 0.585. The number of nitrogens with zero attached hydrogens (tertiary/aromatic N) is 2. The molecule has 1 spiro atoms. The average molecular weight is 200 g/mol. The van der Waals surface area contributed by atoms with Crippen LogP contribution in [0.2, 0.25) is 0 Å². The van der Waals surface area contributed by atoms with Gasteiger partial charge < -0.3 is 4.90 Å². The van der Waals surface area contributed by atoms with Gasteiger partial charge in [-0.1, -0.05) is 11.9 Å². The third-order valence-corrected chi connectivity index (χ3v) is 4.13. The lowest BCUT2D eigenvalue weighted by Crippen LogP contribution is -2.34. The Balaban J connectivity index is 2.11. The molecule has 1 unspecified atom stereocenters. The molecule has 1 atom stereocenters. The second-order valence-electron chi connectivity index (χ2n) is 4.05. The van der Waals surface area contributed by atoms with Gasteiger partial charge in [-0.25, -0.2) is 4.31 Å². The third-order valence-electron chi connectivity index (χ3n) is 3.30. The summed E-state index contributed by atoms with van der Waals surface area (Å²) in [6.45, 7) is 2.97. The highest BCUT2D eigenvalue weighted by molar-refractivity contribution is 7.96. The van der Waals surface area contributed by atoms with Crippen LogP contribution in [0.4, 0.5) is 0 Å². The summed E-state index contributed by atoms with van der Waals surface area (Å²) in [5, 5.41) is 0. The van der Waals surface area contributed by atoms with E-state index in [9.17, 15) is 4.79 Å². The van der Waals surface area contributed by atoms with E-state index >= 15 is 0 Å². The molecule has 0 aromatic carbocycles. The number of rotatable bonds is 1. The predicted molar refractivity (Wildman–Crippen MR) is 54.4 cm³/mol. The number of hydrogen-bond donors (Lipinski definition) is 0. The van der Waals surface area contributed by atoms with Crippen LogP contribution in [-0.4, -0.2) is 48.1 Å². The van der Waals surface area contributed by atoms with Crippen molar-refractivity contribution in [1.29, 1.82) is 0 Å². The molecule has 0 saturated carbocycles. The molecule has 1 amide bonds. The molecule has 13 heavy (non-hydrogen) atoms. The first kappa shape index (κ1) is 9.34. The van der Waals surface area contributed by atoms with E-state index in [2.05, 4.69) is 10.6 Å². The van der Waals surface area contributed by atoms with Gasteiger partial charge >= 0.3 is 0 Å². The van der Waals surface area contributed by atoms with Crippen molar-refractivity contribution in [3.05, 3.63) is 0 Å². The van der Waals surface area contributed by atoms with E-state index in [0.717, 1.165) is 32.5 Å². The minimum Gasteiger partial charge on any atom is -0.345 e. The molecule has 0 bridgehead atoms. The van der Waals surface area contributed by atoms with E-state index in [1.807, 2.05) is 11.9 Å². The Bertz CT molecular complexity index is 234. The van der Waals surface area contributed by atoms with Gasteiger partial charge in [0.1, 0.15) is 0 Å². The van der Waals surface area contributed by atoms with E-state index in [1.165, 1.54) is 0 Å². The van der Waals surface area contributed by atoms with Crippen LogP contribution in [0.15, 0.2) is 0 Å². The largest absolute Gasteiger partial charge is 0.345 e. The molecular formula is C9H16N2OS. The van der Waals surface area contributed by atoms with Crippen LogP contribution < -0.4 is 0 Å². The summed E-state index contributed by atoms with van der Waals surface area (Å²) in [4.78, 5) is 13.8. The molecule has 4 heteroatoms. The summed E-state index contributed by atoms with van der Waals surface area (Å²) < 4.78 is 2.30. The van der Waals surface area contributed by atoms with E-state index in [-0.39, 0.29) is 5.41 Å². The van der Waals surface area contributed by atoms with Gasteiger partial charge in [-0.05, 0) is 19.1 Å². The molecule has 0 aromatic rings. The predicted octanol–water partition coefficient (Wildman–Crippen LogP) is 0.819. The molecule has 0 aliphatic carbocycles. The standard InChI is InChI=1S/C9H16N2OS/c1-10-5-3-9(8(10)12)4-6-11(7-9)13-2/h3-7H2,1-2H3. The van der Waals surface area contributed by atoms with Crippen molar-refractivity contribution in [2.24, 2.45) is 5.41 Å². The Labute approximate surface area is 83.6 Å². The second kappa shape index (κ2) is 3.17. The number of likely N-dealkylation sites (tertiary alicyclic amines) is 1. The zero-order chi connectivity index (χ0) is 9.47. The minimum atomic E-state index is -0.0161. The summed E-state index contributed by atoms with van der Waals surface area (Å²) in [5.74, 6) is 0.365. The van der Waals surface area contributed by atoms with Gasteiger partial charge in [-0.15, -0.1) is 0 Å². The smallest absolute Gasteiger partial charge is 0.229 e. The molecule has 0 radical (unpaired) electrons. The van der Waals surface area contributed by atoms with E-state index in [0.29, 0.717) is 5.91 Å². The molecule has 2 rings (SSSR count). The molecule has 2 aliphatic rings. The molecule has 2 saturated heterocycles. The zero-order valence-corrected chi connectivity index (χ0v) is 9.06. The number of hydrogen-bond acceptors (Lipinski definition) is 3. The summed E-state index contributed by atoms with van der Waals surface area (Å²) in [6.07, 6.45) is 4.19. The maximum atomic E-state index is 11.9. The van der Waals surface area contributed by atoms with Crippen molar-refractivity contribution in [3.63, 3.8) is 0 Å². The molecule has 74 valence electrons. The lowest BCUT2D eigenvalue weighted by molar-refractivity contribution is -0.134. The van der Waals surface area contributed by atoms with Gasteiger partial charge in [-0.3, -0.25) is 4.79 Å². The Morgan fingerprint density at radius 1 is 1.38 bits per heavy atom. The van der Waals surface area contributed by atoms with Gasteiger partial charge in [0.25, 0.3) is 0 Å². The lowest BCUT2D eigenvalue weighted by atomic mass is 9.86. The van der Waals surface area contributed by atoms with Crippen LogP contribution in [0.5, 0.6) is 0 Å². The maximum Gasteiger partial charge on any atom is 0.229 e. The molecular weight excluding hydrogens is 184 g/mol. The Hall–Kier alpha value is -0.220. The topological polar surface area (TPSA) is 23.6 Å². The minimum absolute atomic E-state index is 0.0161. The summed E-state index contributed by atoms with van der Waals surface area (Å²) >= 11 is 1.76. The van der Waals surface area contributed by atoms with Crippen LogP contribution >= 0.6 is 11.9 Å². The highest BCUT2D eigenvalue weighted by atomic mass is 32.2. The lowest BCUT2D eigenvalue weighted by Gasteiger charge is -2.20. The molecule has 0 aromatic heterocycles. The van der Waals surface area contributed by atoms with Crippen molar-refractivity contribution in [3.8, 4) is 0 Å². The van der Waals surface area contributed by atoms with Crippen LogP contribution in [0.1, 0.15) is 12.8 Å². The first-order valence-electron chi connectivity index (χ1n) is 4.73. The van der Waals surface area contributed by atoms with Crippen LogP contribution in [0, 0.1) is 5.41 Å². The van der Waals surface area contributed by atoms with Crippen molar-refractivity contribution >= 4 is 17.9 Å². The molecule has 3 nitrogen and oxygen atoms in total. The maximum absolute atomic E-state index is 11.9. The molecule has 2 aliphatic heterocycles. The molecule has 2 heterocycles. The Morgan fingerprint density at radius 3 is 2.54 bits per heavy atom. The van der Waals surface area contributed by atoms with Crippen molar-refractivity contribution in [1.82, 2.24) is 9.21 Å². The van der Waals surface area contributed by atoms with E-state index < -0.39 is 0 Å². The van der Waals surface area contributed by atoms with E-state index in [4.69, 9.17) is 0 Å². The van der Waals surface area contributed by atoms with Crippen LogP contribution in [0.25, 0.3) is 0 Å². The van der Waals surface area contributed by atoms with Gasteiger partial charge in [0, 0.05) is 26.7 Å². The average Bonchev–Trinajstić information content (AvgIpc) is 2.67. The highest BCUT2D eigenvalue weighted by Crippen LogP contribution is 2.41. The first-order chi connectivity index (χ1) is 6.18. The van der Waals surface area contributed by atoms with Crippen LogP contribution in [-0.2, 0) is 4.79 Å². The molecule has 0 N–H and O–H groups in total. The normalized spacial score (nSPS) is 35.2. The molecule has 2 fully saturated rings. The van der Waals surface area contributed by atoms with E-state index in [1.54, 1.807) is 11.9 Å². The fourth-order valence-electron chi connectivity index (χ4n) is 2.36. The number of carbonyl (C=O) groups is 1. The van der Waals surface area contributed by atoms with Crippen molar-refractivity contribution in [2.75, 3.05) is 32.9 Å². The van der Waals surface area contributed by atoms with Crippen molar-refractivity contribution in [2.45, 2.75) is 12.8 Å². The zero-order valence-electron chi connectivity index (χ0n) is 8.25. The van der Waals surface area contributed by atoms with Gasteiger partial charge in [-0.2, -0.15) is 0 Å². The van der Waals surface area contributed by atoms with Gasteiger partial charge in [0.05, 0.1) is 5.41 Å². The fourth-order valence-corrected chi connectivity index (χ4v) is 3.01. The summed E-state index contributed by atoms with van der Waals surface area (Å²) in [7, 11) is 1.92. The number of carbonyl (C=O) groups excluding carboxylic acids is 1. The van der Waals surface area contributed by atoms with Gasteiger partial charge in [0.2, 0.25) is 5.91 Å². The Kier molecular flexibility index (Phi) is 2.28. The monoisotopic (exact) mass is 200 g/mol. The van der Waals surface area contributed by atoms with Crippen LogP contribution in [0.3, 0.4) is 0 Å². The fraction of sp³-hybridized carbons (Fsp3) is 0.889.